The molecule has 0 atom stereocenters. The summed E-state index contributed by atoms with van der Waals surface area (Å²) in [6.07, 6.45) is 49.0. The fourth-order valence-corrected chi connectivity index (χ4v) is 7.17. The Bertz CT molecular complexity index is 629. The van der Waals surface area contributed by atoms with Gasteiger partial charge in [-0.1, -0.05) is 206 Å². The first-order valence-corrected chi connectivity index (χ1v) is 23.4. The van der Waals surface area contributed by atoms with E-state index < -0.39 is 0 Å². The van der Waals surface area contributed by atoms with Crippen LogP contribution in [0.5, 0.6) is 0 Å². The quantitative estimate of drug-likeness (QED) is 0.0549. The first-order chi connectivity index (χ1) is 25.2. The number of carbonyl (C=O) groups is 2. The second-order valence-electron chi connectivity index (χ2n) is 16.0. The monoisotopic (exact) mass is 720 g/mol. The van der Waals surface area contributed by atoms with Gasteiger partial charge in [0.2, 0.25) is 11.8 Å². The molecule has 0 radical (unpaired) electrons. The zero-order chi connectivity index (χ0) is 37.0. The van der Waals surface area contributed by atoms with Crippen molar-refractivity contribution in [3.63, 3.8) is 0 Å². The molecule has 0 aromatic carbocycles. The Hall–Kier alpha value is -1.10. The Morgan fingerprint density at radius 3 is 0.765 bits per heavy atom. The highest BCUT2D eigenvalue weighted by atomic mass is 16.2. The molecule has 0 bridgehead atoms. The van der Waals surface area contributed by atoms with E-state index in [1.54, 1.807) is 0 Å². The lowest BCUT2D eigenvalue weighted by atomic mass is 10.0. The van der Waals surface area contributed by atoms with Gasteiger partial charge >= 0.3 is 0 Å². The van der Waals surface area contributed by atoms with Crippen LogP contribution in [0.2, 0.25) is 0 Å². The lowest BCUT2D eigenvalue weighted by Gasteiger charge is -2.07. The van der Waals surface area contributed by atoms with Gasteiger partial charge in [-0.2, -0.15) is 0 Å². The molecule has 5 heteroatoms. The third kappa shape index (κ3) is 45.0. The molecule has 2 amide bonds. The Labute approximate surface area is 320 Å². The number of unbranched alkanes of at least 4 members (excludes halogenated alkanes) is 32. The Morgan fingerprint density at radius 2 is 0.490 bits per heavy atom. The molecule has 0 rings (SSSR count). The zero-order valence-corrected chi connectivity index (χ0v) is 35.0. The van der Waals surface area contributed by atoms with Gasteiger partial charge < -0.3 is 16.0 Å². The average molecular weight is 720 g/mol. The third-order valence-electron chi connectivity index (χ3n) is 10.7. The minimum absolute atomic E-state index is 0.240. The van der Waals surface area contributed by atoms with Crippen molar-refractivity contribution in [3.05, 3.63) is 0 Å². The molecule has 0 aliphatic rings. The van der Waals surface area contributed by atoms with E-state index in [2.05, 4.69) is 29.8 Å². The van der Waals surface area contributed by atoms with E-state index in [9.17, 15) is 9.59 Å². The molecular formula is C46H93N3O2. The molecule has 0 aliphatic carbocycles. The van der Waals surface area contributed by atoms with Crippen LogP contribution in [0.4, 0.5) is 0 Å². The van der Waals surface area contributed by atoms with Crippen LogP contribution in [0.3, 0.4) is 0 Å². The van der Waals surface area contributed by atoms with E-state index in [1.165, 1.54) is 193 Å². The number of rotatable bonds is 44. The van der Waals surface area contributed by atoms with E-state index >= 15 is 0 Å². The predicted molar refractivity (Wildman–Crippen MR) is 226 cm³/mol. The van der Waals surface area contributed by atoms with Gasteiger partial charge in [0.25, 0.3) is 0 Å². The summed E-state index contributed by atoms with van der Waals surface area (Å²) in [6, 6.07) is 0. The van der Waals surface area contributed by atoms with Crippen molar-refractivity contribution in [3.8, 4) is 0 Å². The fourth-order valence-electron chi connectivity index (χ4n) is 7.17. The predicted octanol–water partition coefficient (Wildman–Crippen LogP) is 13.7. The van der Waals surface area contributed by atoms with E-state index in [0.717, 1.165) is 64.7 Å². The van der Waals surface area contributed by atoms with Gasteiger partial charge in [-0.3, -0.25) is 9.59 Å². The van der Waals surface area contributed by atoms with Crippen LogP contribution in [-0.2, 0) is 9.59 Å². The minimum atomic E-state index is 0.240. The SMILES string of the molecule is CCCCCCCCCCCCCCCCCC(=O)NCCCCCNCCCCCNC(=O)CCCCCCCCCCCCCCCCC. The number of hydrogen-bond acceptors (Lipinski definition) is 3. The van der Waals surface area contributed by atoms with Crippen molar-refractivity contribution in [2.24, 2.45) is 0 Å². The summed E-state index contributed by atoms with van der Waals surface area (Å²) in [5.74, 6) is 0.480. The van der Waals surface area contributed by atoms with Crippen LogP contribution >= 0.6 is 0 Å². The molecule has 304 valence electrons. The van der Waals surface area contributed by atoms with Crippen LogP contribution in [0.15, 0.2) is 0 Å². The smallest absolute Gasteiger partial charge is 0.219 e. The van der Waals surface area contributed by atoms with Gasteiger partial charge in [0.1, 0.15) is 0 Å². The highest BCUT2D eigenvalue weighted by Crippen LogP contribution is 2.15. The van der Waals surface area contributed by atoms with Crippen molar-refractivity contribution < 1.29 is 9.59 Å². The standard InChI is InChI=1S/C46H93N3O2/c1-3-5-7-9-11-13-15-17-19-21-23-25-27-29-33-39-45(50)48-43-37-31-35-41-47-42-36-32-38-44-49-46(51)40-34-30-28-26-24-22-20-18-16-14-12-10-8-6-4-2/h47H,3-44H2,1-2H3,(H,48,50)(H,49,51). The molecule has 0 aliphatic heterocycles. The van der Waals surface area contributed by atoms with E-state index in [0.29, 0.717) is 12.8 Å². The number of amides is 2. The minimum Gasteiger partial charge on any atom is -0.356 e. The summed E-state index contributed by atoms with van der Waals surface area (Å²) >= 11 is 0. The van der Waals surface area contributed by atoms with Gasteiger partial charge in [-0.15, -0.1) is 0 Å². The largest absolute Gasteiger partial charge is 0.356 e. The van der Waals surface area contributed by atoms with Crippen molar-refractivity contribution in [2.75, 3.05) is 26.2 Å². The Morgan fingerprint density at radius 1 is 0.275 bits per heavy atom. The van der Waals surface area contributed by atoms with Crippen LogP contribution in [0.25, 0.3) is 0 Å². The first-order valence-electron chi connectivity index (χ1n) is 23.4. The molecule has 0 unspecified atom stereocenters. The molecule has 51 heavy (non-hydrogen) atoms. The van der Waals surface area contributed by atoms with Crippen molar-refractivity contribution in [1.29, 1.82) is 0 Å². The van der Waals surface area contributed by atoms with E-state index in [4.69, 9.17) is 0 Å². The maximum atomic E-state index is 12.1. The topological polar surface area (TPSA) is 70.2 Å². The molecule has 5 nitrogen and oxygen atoms in total. The van der Waals surface area contributed by atoms with Crippen LogP contribution in [-0.4, -0.2) is 38.0 Å². The molecule has 0 spiro atoms. The zero-order valence-electron chi connectivity index (χ0n) is 35.0. The molecule has 3 N–H and O–H groups in total. The summed E-state index contributed by atoms with van der Waals surface area (Å²) in [6.45, 7) is 8.34. The molecule has 0 heterocycles. The normalized spacial score (nSPS) is 11.3. The van der Waals surface area contributed by atoms with E-state index in [1.807, 2.05) is 0 Å². The Kier molecular flexibility index (Phi) is 44.1. The second kappa shape index (κ2) is 45.1. The Balaban J connectivity index is 3.22. The lowest BCUT2D eigenvalue weighted by Crippen LogP contribution is -2.24. The van der Waals surface area contributed by atoms with Crippen LogP contribution in [0, 0.1) is 0 Å². The van der Waals surface area contributed by atoms with Gasteiger partial charge in [0, 0.05) is 25.9 Å². The van der Waals surface area contributed by atoms with Gasteiger partial charge in [0.15, 0.2) is 0 Å². The molecule has 0 aromatic rings. The molecule has 0 fully saturated rings. The summed E-state index contributed by atoms with van der Waals surface area (Å²) in [4.78, 5) is 24.2. The van der Waals surface area contributed by atoms with Crippen LogP contribution in [0.1, 0.15) is 258 Å². The van der Waals surface area contributed by atoms with Gasteiger partial charge in [-0.25, -0.2) is 0 Å². The maximum absolute atomic E-state index is 12.1. The molecule has 0 aromatic heterocycles. The van der Waals surface area contributed by atoms with Gasteiger partial charge in [0.05, 0.1) is 0 Å². The molecular weight excluding hydrogens is 627 g/mol. The summed E-state index contributed by atoms with van der Waals surface area (Å²) in [7, 11) is 0. The first kappa shape index (κ1) is 49.9. The van der Waals surface area contributed by atoms with E-state index in [-0.39, 0.29) is 11.8 Å². The highest BCUT2D eigenvalue weighted by molar-refractivity contribution is 5.76. The third-order valence-corrected chi connectivity index (χ3v) is 10.7. The second-order valence-corrected chi connectivity index (χ2v) is 16.0. The van der Waals surface area contributed by atoms with Crippen molar-refractivity contribution in [2.45, 2.75) is 258 Å². The summed E-state index contributed by atoms with van der Waals surface area (Å²) in [5.41, 5.74) is 0. The van der Waals surface area contributed by atoms with Gasteiger partial charge in [-0.05, 0) is 51.6 Å². The lowest BCUT2D eigenvalue weighted by molar-refractivity contribution is -0.122. The summed E-state index contributed by atoms with van der Waals surface area (Å²) in [5, 5.41) is 9.78. The van der Waals surface area contributed by atoms with Crippen molar-refractivity contribution >= 4 is 11.8 Å². The molecule has 0 saturated heterocycles. The maximum Gasteiger partial charge on any atom is 0.219 e. The highest BCUT2D eigenvalue weighted by Gasteiger charge is 2.03. The number of hydrogen-bond donors (Lipinski definition) is 3. The molecule has 0 saturated carbocycles. The van der Waals surface area contributed by atoms with Crippen molar-refractivity contribution in [1.82, 2.24) is 16.0 Å². The number of carbonyl (C=O) groups excluding carboxylic acids is 2. The average Bonchev–Trinajstić information content (AvgIpc) is 3.13. The fraction of sp³-hybridized carbons (Fsp3) is 0.957. The number of nitrogens with one attached hydrogen (secondary N) is 3. The summed E-state index contributed by atoms with van der Waals surface area (Å²) < 4.78 is 0. The van der Waals surface area contributed by atoms with Crippen LogP contribution < -0.4 is 16.0 Å².